The molecule has 0 aliphatic heterocycles. The van der Waals surface area contributed by atoms with E-state index in [0.717, 1.165) is 0 Å². The number of benzene rings is 1. The highest BCUT2D eigenvalue weighted by Gasteiger charge is 2.16. The Kier molecular flexibility index (Phi) is 6.73. The van der Waals surface area contributed by atoms with Gasteiger partial charge in [0.05, 0.1) is 38.9 Å². The van der Waals surface area contributed by atoms with Crippen molar-refractivity contribution in [1.82, 2.24) is 4.72 Å². The fourth-order valence-corrected chi connectivity index (χ4v) is 2.51. The summed E-state index contributed by atoms with van der Waals surface area (Å²) >= 11 is 0. The highest BCUT2D eigenvalue weighted by molar-refractivity contribution is 7.89. The van der Waals surface area contributed by atoms with Crippen molar-refractivity contribution >= 4 is 10.0 Å². The number of ether oxygens (including phenoxy) is 3. The van der Waals surface area contributed by atoms with E-state index in [9.17, 15) is 8.42 Å². The van der Waals surface area contributed by atoms with Gasteiger partial charge in [-0.15, -0.1) is 0 Å². The van der Waals surface area contributed by atoms with Gasteiger partial charge in [-0.05, 0) is 12.1 Å². The normalized spacial score (nSPS) is 11.3. The molecule has 0 bridgehead atoms. The summed E-state index contributed by atoms with van der Waals surface area (Å²) in [6.45, 7) is 0.393. The lowest BCUT2D eigenvalue weighted by atomic mass is 10.3. The van der Waals surface area contributed by atoms with E-state index in [4.69, 9.17) is 19.3 Å². The molecule has 20 heavy (non-hydrogen) atoms. The van der Waals surface area contributed by atoms with Crippen LogP contribution in [0, 0.1) is 0 Å². The number of hydrogen-bond acceptors (Lipinski definition) is 6. The molecule has 1 aromatic carbocycles. The topological polar surface area (TPSA) is 94.1 Å². The maximum atomic E-state index is 12.0. The van der Waals surface area contributed by atoms with Gasteiger partial charge < -0.3 is 19.3 Å². The van der Waals surface area contributed by atoms with Gasteiger partial charge in [-0.1, -0.05) is 0 Å². The van der Waals surface area contributed by atoms with Gasteiger partial charge in [0.25, 0.3) is 0 Å². The molecule has 0 aliphatic carbocycles. The van der Waals surface area contributed by atoms with Crippen LogP contribution in [0.4, 0.5) is 0 Å². The highest BCUT2D eigenvalue weighted by Crippen LogP contribution is 2.29. The maximum Gasteiger partial charge on any atom is 0.240 e. The SMILES string of the molecule is COc1ccc(S(=O)(=O)NCCOCCO)cc1OC. The predicted octanol–water partition coefficient (Wildman–Crippen LogP) is -0.00900. The van der Waals surface area contributed by atoms with Crippen LogP contribution in [0.5, 0.6) is 11.5 Å². The number of aliphatic hydroxyl groups excluding tert-OH is 1. The van der Waals surface area contributed by atoms with Gasteiger partial charge in [0, 0.05) is 12.6 Å². The van der Waals surface area contributed by atoms with Crippen LogP contribution in [-0.4, -0.2) is 54.1 Å². The van der Waals surface area contributed by atoms with E-state index >= 15 is 0 Å². The Morgan fingerprint density at radius 1 is 1.15 bits per heavy atom. The van der Waals surface area contributed by atoms with Crippen molar-refractivity contribution in [2.24, 2.45) is 0 Å². The average Bonchev–Trinajstić information content (AvgIpc) is 2.46. The fraction of sp³-hybridized carbons (Fsp3) is 0.500. The van der Waals surface area contributed by atoms with E-state index in [1.807, 2.05) is 0 Å². The van der Waals surface area contributed by atoms with Gasteiger partial charge in [0.1, 0.15) is 0 Å². The third kappa shape index (κ3) is 4.64. The van der Waals surface area contributed by atoms with Gasteiger partial charge in [0.15, 0.2) is 11.5 Å². The van der Waals surface area contributed by atoms with E-state index in [-0.39, 0.29) is 31.3 Å². The van der Waals surface area contributed by atoms with Crippen molar-refractivity contribution in [1.29, 1.82) is 0 Å². The zero-order valence-corrected chi connectivity index (χ0v) is 12.3. The summed E-state index contributed by atoms with van der Waals surface area (Å²) in [5.74, 6) is 0.796. The van der Waals surface area contributed by atoms with Crippen LogP contribution in [0.2, 0.25) is 0 Å². The van der Waals surface area contributed by atoms with Gasteiger partial charge in [0.2, 0.25) is 10.0 Å². The smallest absolute Gasteiger partial charge is 0.240 e. The summed E-state index contributed by atoms with van der Waals surface area (Å²) in [7, 11) is -0.723. The number of rotatable bonds is 9. The third-order valence-electron chi connectivity index (χ3n) is 2.44. The summed E-state index contributed by atoms with van der Waals surface area (Å²) < 4.78 is 41.5. The van der Waals surface area contributed by atoms with Crippen LogP contribution in [0.25, 0.3) is 0 Å². The molecule has 0 aliphatic rings. The molecule has 0 atom stereocenters. The molecule has 114 valence electrons. The van der Waals surface area contributed by atoms with Crippen molar-refractivity contribution in [3.8, 4) is 11.5 Å². The van der Waals surface area contributed by atoms with E-state index in [1.54, 1.807) is 0 Å². The van der Waals surface area contributed by atoms with Gasteiger partial charge in [-0.25, -0.2) is 13.1 Å². The first-order chi connectivity index (χ1) is 9.55. The average molecular weight is 305 g/mol. The summed E-state index contributed by atoms with van der Waals surface area (Å²) in [6, 6.07) is 4.34. The quantitative estimate of drug-likeness (QED) is 0.623. The number of sulfonamides is 1. The van der Waals surface area contributed by atoms with Crippen LogP contribution in [-0.2, 0) is 14.8 Å². The molecule has 1 rings (SSSR count). The minimum Gasteiger partial charge on any atom is -0.493 e. The lowest BCUT2D eigenvalue weighted by Crippen LogP contribution is -2.27. The number of aliphatic hydroxyl groups is 1. The minimum atomic E-state index is -3.63. The van der Waals surface area contributed by atoms with Crippen LogP contribution in [0.1, 0.15) is 0 Å². The minimum absolute atomic E-state index is 0.0808. The lowest BCUT2D eigenvalue weighted by Gasteiger charge is -2.11. The molecule has 0 heterocycles. The van der Waals surface area contributed by atoms with Crippen LogP contribution < -0.4 is 14.2 Å². The van der Waals surface area contributed by atoms with Crippen molar-refractivity contribution in [2.45, 2.75) is 4.90 Å². The molecule has 0 saturated heterocycles. The van der Waals surface area contributed by atoms with Crippen molar-refractivity contribution in [3.63, 3.8) is 0 Å². The molecule has 7 nitrogen and oxygen atoms in total. The standard InChI is InChI=1S/C12H19NO6S/c1-17-11-4-3-10(9-12(11)18-2)20(15,16)13-5-7-19-8-6-14/h3-4,9,13-14H,5-8H2,1-2H3. The lowest BCUT2D eigenvalue weighted by molar-refractivity contribution is 0.0961. The molecule has 0 amide bonds. The summed E-state index contributed by atoms with van der Waals surface area (Å²) in [5, 5.41) is 8.52. The van der Waals surface area contributed by atoms with E-state index in [0.29, 0.717) is 11.5 Å². The first kappa shape index (κ1) is 16.7. The Labute approximate surface area is 118 Å². The molecule has 0 spiro atoms. The van der Waals surface area contributed by atoms with Crippen LogP contribution in [0.3, 0.4) is 0 Å². The third-order valence-corrected chi connectivity index (χ3v) is 3.90. The van der Waals surface area contributed by atoms with Gasteiger partial charge in [-0.2, -0.15) is 0 Å². The number of nitrogens with one attached hydrogen (secondary N) is 1. The fourth-order valence-electron chi connectivity index (χ4n) is 1.48. The molecule has 1 aromatic rings. The molecule has 0 fully saturated rings. The number of hydrogen-bond donors (Lipinski definition) is 2. The predicted molar refractivity (Wildman–Crippen MR) is 72.6 cm³/mol. The molecule has 0 radical (unpaired) electrons. The zero-order valence-electron chi connectivity index (χ0n) is 11.5. The maximum absolute atomic E-state index is 12.0. The Hall–Kier alpha value is -1.35. The van der Waals surface area contributed by atoms with Gasteiger partial charge in [-0.3, -0.25) is 0 Å². The molecule has 0 aromatic heterocycles. The van der Waals surface area contributed by atoms with Crippen LogP contribution in [0.15, 0.2) is 23.1 Å². The summed E-state index contributed by atoms with van der Waals surface area (Å²) in [4.78, 5) is 0.0808. The van der Waals surface area contributed by atoms with Gasteiger partial charge >= 0.3 is 0 Å². The van der Waals surface area contributed by atoms with Crippen molar-refractivity contribution in [3.05, 3.63) is 18.2 Å². The second kappa shape index (κ2) is 8.05. The second-order valence-corrected chi connectivity index (χ2v) is 5.52. The van der Waals surface area contributed by atoms with Crippen molar-refractivity contribution < 1.29 is 27.7 Å². The highest BCUT2D eigenvalue weighted by atomic mass is 32.2. The molecular formula is C12H19NO6S. The Morgan fingerprint density at radius 2 is 1.85 bits per heavy atom. The second-order valence-electron chi connectivity index (χ2n) is 3.75. The van der Waals surface area contributed by atoms with E-state index in [1.165, 1.54) is 32.4 Å². The molecule has 0 saturated carbocycles. The Balaban J connectivity index is 2.72. The monoisotopic (exact) mass is 305 g/mol. The first-order valence-electron chi connectivity index (χ1n) is 5.95. The summed E-state index contributed by atoms with van der Waals surface area (Å²) in [5.41, 5.74) is 0. The molecular weight excluding hydrogens is 286 g/mol. The number of methoxy groups -OCH3 is 2. The largest absolute Gasteiger partial charge is 0.493 e. The van der Waals surface area contributed by atoms with Crippen molar-refractivity contribution in [2.75, 3.05) is 40.6 Å². The Morgan fingerprint density at radius 3 is 2.45 bits per heavy atom. The van der Waals surface area contributed by atoms with Crippen LogP contribution >= 0.6 is 0 Å². The first-order valence-corrected chi connectivity index (χ1v) is 7.43. The molecule has 8 heteroatoms. The van der Waals surface area contributed by atoms with E-state index in [2.05, 4.69) is 4.72 Å². The molecule has 2 N–H and O–H groups in total. The zero-order chi connectivity index (χ0) is 15.0. The Bertz CT molecular complexity index is 517. The van der Waals surface area contributed by atoms with E-state index < -0.39 is 10.0 Å². The summed E-state index contributed by atoms with van der Waals surface area (Å²) in [6.07, 6.45) is 0. The molecule has 0 unspecified atom stereocenters.